The number of methoxy groups -OCH3 is 1. The lowest BCUT2D eigenvalue weighted by molar-refractivity contribution is 0.141. The van der Waals surface area contributed by atoms with Crippen molar-refractivity contribution in [2.75, 3.05) is 65.3 Å². The van der Waals surface area contributed by atoms with Crippen LogP contribution in [0.4, 0.5) is 5.82 Å². The number of nitrogens with zero attached hydrogens (tertiary/aromatic N) is 4. The molecule has 4 rings (SSSR count). The number of rotatable bonds is 11. The number of nitrogen functional groups attached to an aromatic ring is 1. The van der Waals surface area contributed by atoms with E-state index in [1.165, 1.54) is 10.1 Å². The van der Waals surface area contributed by atoms with Crippen LogP contribution in [0.5, 0.6) is 6.01 Å². The van der Waals surface area contributed by atoms with Gasteiger partial charge in [-0.25, -0.2) is 4.79 Å². The fourth-order valence-corrected chi connectivity index (χ4v) is 3.81. The lowest BCUT2D eigenvalue weighted by Gasteiger charge is -2.27. The lowest BCUT2D eigenvalue weighted by atomic mass is 10.1. The Morgan fingerprint density at radius 2 is 1.88 bits per heavy atom. The Balaban J connectivity index is 1.37. The first-order chi connectivity index (χ1) is 16.1. The van der Waals surface area contributed by atoms with Crippen molar-refractivity contribution in [1.82, 2.24) is 35.1 Å². The number of aromatic nitrogens is 4. The first-order valence-corrected chi connectivity index (χ1v) is 11.2. The molecule has 178 valence electrons. The second-order valence-electron chi connectivity index (χ2n) is 8.03. The number of piperazine rings is 1. The summed E-state index contributed by atoms with van der Waals surface area (Å²) < 4.78 is 12.0. The maximum absolute atomic E-state index is 12.5. The number of nitrogens with one attached hydrogen (secondary N) is 3. The van der Waals surface area contributed by atoms with Gasteiger partial charge in [0, 0.05) is 52.9 Å². The zero-order valence-corrected chi connectivity index (χ0v) is 19.0. The van der Waals surface area contributed by atoms with Crippen molar-refractivity contribution < 1.29 is 9.47 Å². The molecule has 1 aliphatic heterocycles. The molecule has 11 nitrogen and oxygen atoms in total. The molecule has 0 aliphatic carbocycles. The Bertz CT molecular complexity index is 1090. The van der Waals surface area contributed by atoms with Gasteiger partial charge < -0.3 is 30.8 Å². The second kappa shape index (κ2) is 11.2. The van der Waals surface area contributed by atoms with E-state index in [0.29, 0.717) is 30.9 Å². The molecule has 0 unspecified atom stereocenters. The van der Waals surface area contributed by atoms with Gasteiger partial charge in [0.15, 0.2) is 11.5 Å². The fourth-order valence-electron chi connectivity index (χ4n) is 3.81. The van der Waals surface area contributed by atoms with E-state index in [2.05, 4.69) is 42.6 Å². The van der Waals surface area contributed by atoms with E-state index in [1.54, 1.807) is 7.11 Å². The number of ether oxygens (including phenoxy) is 2. The zero-order valence-electron chi connectivity index (χ0n) is 19.0. The van der Waals surface area contributed by atoms with Gasteiger partial charge in [-0.05, 0) is 11.1 Å². The molecule has 2 aromatic heterocycles. The van der Waals surface area contributed by atoms with Crippen LogP contribution in [-0.2, 0) is 17.8 Å². The van der Waals surface area contributed by atoms with E-state index in [-0.39, 0.29) is 17.5 Å². The Morgan fingerprint density at radius 3 is 2.64 bits per heavy atom. The van der Waals surface area contributed by atoms with Crippen LogP contribution in [0.25, 0.3) is 11.2 Å². The molecule has 1 saturated heterocycles. The number of aromatic amines is 1. The van der Waals surface area contributed by atoms with Crippen molar-refractivity contribution in [3.8, 4) is 6.01 Å². The number of anilines is 1. The van der Waals surface area contributed by atoms with E-state index in [1.807, 2.05) is 12.1 Å². The van der Waals surface area contributed by atoms with Crippen molar-refractivity contribution in [2.24, 2.45) is 0 Å². The topological polar surface area (TPSA) is 135 Å². The van der Waals surface area contributed by atoms with Gasteiger partial charge in [-0.2, -0.15) is 9.97 Å². The minimum absolute atomic E-state index is 0.118. The maximum atomic E-state index is 12.5. The number of fused-ring (bicyclic) bond motifs is 1. The molecule has 1 aromatic carbocycles. The summed E-state index contributed by atoms with van der Waals surface area (Å²) in [5, 5.41) is 6.88. The van der Waals surface area contributed by atoms with Gasteiger partial charge in [-0.1, -0.05) is 24.3 Å². The number of imidazole rings is 1. The second-order valence-corrected chi connectivity index (χ2v) is 8.03. The SMILES string of the molecule is COCCOc1nc(N)c2[nH]c(=O)n(Cc3ccc(CNCCN4CCNCC4)cc3)c2n1. The molecular formula is C22H32N8O3. The van der Waals surface area contributed by atoms with Gasteiger partial charge in [-0.3, -0.25) is 9.47 Å². The average Bonchev–Trinajstić information content (AvgIpc) is 3.14. The predicted octanol–water partition coefficient (Wildman–Crippen LogP) is -0.230. The van der Waals surface area contributed by atoms with Gasteiger partial charge in [0.25, 0.3) is 0 Å². The van der Waals surface area contributed by atoms with Crippen molar-refractivity contribution in [3.63, 3.8) is 0 Å². The van der Waals surface area contributed by atoms with Crippen molar-refractivity contribution in [2.45, 2.75) is 13.1 Å². The molecule has 5 N–H and O–H groups in total. The van der Waals surface area contributed by atoms with Crippen LogP contribution in [0.1, 0.15) is 11.1 Å². The number of H-pyrrole nitrogens is 1. The van der Waals surface area contributed by atoms with Crippen molar-refractivity contribution in [1.29, 1.82) is 0 Å². The standard InChI is InChI=1S/C22H32N8O3/c1-32-12-13-33-21-27-19(23)18-20(28-21)30(22(31)26-18)15-17-4-2-16(3-5-17)14-25-8-11-29-9-6-24-7-10-29/h2-5,24-25H,6-15H2,1H3,(H,26,31)(H2,23,27,28). The molecular weight excluding hydrogens is 424 g/mol. The molecule has 3 heterocycles. The summed E-state index contributed by atoms with van der Waals surface area (Å²) in [6.07, 6.45) is 0. The van der Waals surface area contributed by atoms with Gasteiger partial charge in [0.05, 0.1) is 13.2 Å². The largest absolute Gasteiger partial charge is 0.461 e. The Kier molecular flexibility index (Phi) is 7.89. The van der Waals surface area contributed by atoms with Gasteiger partial charge in [0.1, 0.15) is 12.1 Å². The summed E-state index contributed by atoms with van der Waals surface area (Å²) in [5.41, 5.74) is 8.72. The van der Waals surface area contributed by atoms with Gasteiger partial charge in [0.2, 0.25) is 0 Å². The zero-order chi connectivity index (χ0) is 23.0. The molecule has 3 aromatic rings. The summed E-state index contributed by atoms with van der Waals surface area (Å²) >= 11 is 0. The summed E-state index contributed by atoms with van der Waals surface area (Å²) in [5.74, 6) is 0.172. The Morgan fingerprint density at radius 1 is 1.12 bits per heavy atom. The fraction of sp³-hybridized carbons (Fsp3) is 0.500. The summed E-state index contributed by atoms with van der Waals surface area (Å²) in [6, 6.07) is 8.33. The summed E-state index contributed by atoms with van der Waals surface area (Å²) in [6.45, 7) is 8.26. The van der Waals surface area contributed by atoms with Crippen LogP contribution in [0, 0.1) is 0 Å². The third kappa shape index (κ3) is 6.08. The average molecular weight is 457 g/mol. The van der Waals surface area contributed by atoms with Crippen molar-refractivity contribution in [3.05, 3.63) is 45.9 Å². The monoisotopic (exact) mass is 456 g/mol. The number of hydrogen-bond acceptors (Lipinski definition) is 9. The van der Waals surface area contributed by atoms with Gasteiger partial charge in [-0.15, -0.1) is 0 Å². The molecule has 0 atom stereocenters. The van der Waals surface area contributed by atoms with E-state index in [4.69, 9.17) is 15.2 Å². The molecule has 33 heavy (non-hydrogen) atoms. The highest BCUT2D eigenvalue weighted by atomic mass is 16.5. The van der Waals surface area contributed by atoms with Crippen LogP contribution in [-0.4, -0.2) is 84.0 Å². The first-order valence-electron chi connectivity index (χ1n) is 11.2. The van der Waals surface area contributed by atoms with E-state index in [9.17, 15) is 4.79 Å². The van der Waals surface area contributed by atoms with Gasteiger partial charge >= 0.3 is 11.7 Å². The highest BCUT2D eigenvalue weighted by Gasteiger charge is 2.15. The number of hydrogen-bond donors (Lipinski definition) is 4. The van der Waals surface area contributed by atoms with Crippen molar-refractivity contribution >= 4 is 17.0 Å². The summed E-state index contributed by atoms with van der Waals surface area (Å²) in [7, 11) is 1.58. The third-order valence-electron chi connectivity index (χ3n) is 5.66. The number of nitrogens with two attached hydrogens (primary N) is 1. The molecule has 1 fully saturated rings. The van der Waals surface area contributed by atoms with E-state index in [0.717, 1.165) is 51.4 Å². The smallest absolute Gasteiger partial charge is 0.328 e. The van der Waals surface area contributed by atoms with Crippen LogP contribution < -0.4 is 26.8 Å². The van der Waals surface area contributed by atoms with Crippen LogP contribution in [0.3, 0.4) is 0 Å². The van der Waals surface area contributed by atoms with E-state index < -0.39 is 0 Å². The highest BCUT2D eigenvalue weighted by molar-refractivity contribution is 5.81. The third-order valence-corrected chi connectivity index (χ3v) is 5.66. The normalized spacial score (nSPS) is 14.7. The minimum Gasteiger partial charge on any atom is -0.461 e. The molecule has 0 radical (unpaired) electrons. The predicted molar refractivity (Wildman–Crippen MR) is 126 cm³/mol. The molecule has 1 aliphatic rings. The first kappa shape index (κ1) is 23.2. The summed E-state index contributed by atoms with van der Waals surface area (Å²) in [4.78, 5) is 26.2. The molecule has 0 saturated carbocycles. The van der Waals surface area contributed by atoms with E-state index >= 15 is 0 Å². The Hall–Kier alpha value is -2.99. The lowest BCUT2D eigenvalue weighted by Crippen LogP contribution is -2.45. The Labute approximate surface area is 192 Å². The molecule has 11 heteroatoms. The minimum atomic E-state index is -0.293. The maximum Gasteiger partial charge on any atom is 0.328 e. The van der Waals surface area contributed by atoms with Crippen LogP contribution in [0.15, 0.2) is 29.1 Å². The molecule has 0 spiro atoms. The molecule has 0 amide bonds. The van der Waals surface area contributed by atoms with Crippen LogP contribution >= 0.6 is 0 Å². The molecule has 0 bridgehead atoms. The van der Waals surface area contributed by atoms with Crippen LogP contribution in [0.2, 0.25) is 0 Å². The highest BCUT2D eigenvalue weighted by Crippen LogP contribution is 2.18. The quantitative estimate of drug-likeness (QED) is 0.289. The number of benzene rings is 1.